The second-order valence-electron chi connectivity index (χ2n) is 5.65. The van der Waals surface area contributed by atoms with Crippen molar-refractivity contribution in [1.82, 2.24) is 9.88 Å². The van der Waals surface area contributed by atoms with Crippen LogP contribution >= 0.6 is 11.3 Å². The van der Waals surface area contributed by atoms with Gasteiger partial charge in [0.25, 0.3) is 11.5 Å². The van der Waals surface area contributed by atoms with Gasteiger partial charge in [0.1, 0.15) is 22.4 Å². The van der Waals surface area contributed by atoms with E-state index < -0.39 is 23.1 Å². The van der Waals surface area contributed by atoms with E-state index in [9.17, 15) is 23.6 Å². The molecular formula is C20H13F2N3O2S. The van der Waals surface area contributed by atoms with Crippen molar-refractivity contribution in [3.8, 4) is 11.8 Å². The van der Waals surface area contributed by atoms with Crippen LogP contribution in [0.25, 0.3) is 17.3 Å². The summed E-state index contributed by atoms with van der Waals surface area (Å²) >= 11 is 0.948. The number of amides is 1. The Morgan fingerprint density at radius 1 is 1.11 bits per heavy atom. The molecule has 2 aromatic carbocycles. The van der Waals surface area contributed by atoms with Crippen molar-refractivity contribution in [3.05, 3.63) is 85.3 Å². The summed E-state index contributed by atoms with van der Waals surface area (Å²) in [6, 6.07) is 12.5. The number of benzene rings is 2. The van der Waals surface area contributed by atoms with E-state index in [-0.39, 0.29) is 14.8 Å². The monoisotopic (exact) mass is 397 g/mol. The predicted octanol–water partition coefficient (Wildman–Crippen LogP) is 1.43. The molecule has 0 radical (unpaired) electrons. The maximum Gasteiger partial charge on any atom is 0.273 e. The van der Waals surface area contributed by atoms with Crippen LogP contribution in [0.1, 0.15) is 5.56 Å². The summed E-state index contributed by atoms with van der Waals surface area (Å²) in [5.74, 6) is -1.54. The van der Waals surface area contributed by atoms with Crippen LogP contribution < -0.4 is 20.1 Å². The van der Waals surface area contributed by atoms with Gasteiger partial charge in [-0.1, -0.05) is 12.1 Å². The number of hydrogen-bond donors (Lipinski definition) is 1. The predicted molar refractivity (Wildman–Crippen MR) is 102 cm³/mol. The van der Waals surface area contributed by atoms with Gasteiger partial charge in [0.05, 0.1) is 10.2 Å². The average Bonchev–Trinajstić information content (AvgIpc) is 3.00. The molecule has 0 saturated heterocycles. The summed E-state index contributed by atoms with van der Waals surface area (Å²) in [6.45, 7) is 0. The molecule has 1 aromatic heterocycles. The molecule has 0 aliphatic heterocycles. The third kappa shape index (κ3) is 3.75. The molecule has 5 nitrogen and oxygen atoms in total. The van der Waals surface area contributed by atoms with Crippen LogP contribution in [0.3, 0.4) is 0 Å². The minimum absolute atomic E-state index is 0.117. The Balaban J connectivity index is 2.39. The minimum Gasteiger partial charge on any atom is -0.354 e. The maximum atomic E-state index is 13.3. The van der Waals surface area contributed by atoms with Crippen molar-refractivity contribution in [1.29, 1.82) is 5.26 Å². The topological polar surface area (TPSA) is 74.9 Å². The summed E-state index contributed by atoms with van der Waals surface area (Å²) in [4.78, 5) is 25.1. The number of thiazole rings is 1. The van der Waals surface area contributed by atoms with E-state index in [1.807, 2.05) is 6.07 Å². The van der Waals surface area contributed by atoms with Crippen molar-refractivity contribution < 1.29 is 13.6 Å². The first kappa shape index (κ1) is 19.2. The third-order valence-corrected chi connectivity index (χ3v) is 4.95. The molecule has 3 aromatic rings. The lowest BCUT2D eigenvalue weighted by atomic mass is 10.2. The summed E-state index contributed by atoms with van der Waals surface area (Å²) in [5.41, 5.74) is 0.171. The van der Waals surface area contributed by atoms with E-state index in [4.69, 9.17) is 0 Å². The normalized spacial score (nSPS) is 12.4. The van der Waals surface area contributed by atoms with Crippen LogP contribution in [0.5, 0.6) is 0 Å². The van der Waals surface area contributed by atoms with Gasteiger partial charge in [0.15, 0.2) is 5.57 Å². The van der Waals surface area contributed by atoms with Gasteiger partial charge in [-0.15, -0.1) is 11.3 Å². The summed E-state index contributed by atoms with van der Waals surface area (Å²) < 4.78 is 28.0. The highest BCUT2D eigenvalue weighted by atomic mass is 32.1. The molecular weight excluding hydrogens is 384 g/mol. The van der Waals surface area contributed by atoms with Gasteiger partial charge >= 0.3 is 0 Å². The van der Waals surface area contributed by atoms with Gasteiger partial charge in [-0.3, -0.25) is 14.2 Å². The van der Waals surface area contributed by atoms with E-state index in [0.29, 0.717) is 11.3 Å². The number of carbonyl (C=O) groups is 1. The molecule has 0 aliphatic rings. The van der Waals surface area contributed by atoms with Crippen molar-refractivity contribution >= 4 is 28.9 Å². The second-order valence-corrected chi connectivity index (χ2v) is 6.68. The van der Waals surface area contributed by atoms with Crippen molar-refractivity contribution in [2.75, 3.05) is 7.05 Å². The molecule has 8 heteroatoms. The van der Waals surface area contributed by atoms with Crippen LogP contribution in [-0.4, -0.2) is 17.5 Å². The molecule has 3 rings (SSSR count). The van der Waals surface area contributed by atoms with Crippen molar-refractivity contribution in [3.63, 3.8) is 0 Å². The molecule has 0 aliphatic carbocycles. The summed E-state index contributed by atoms with van der Waals surface area (Å²) in [6.07, 6.45) is 1.54. The maximum absolute atomic E-state index is 13.3. The molecule has 0 atom stereocenters. The van der Waals surface area contributed by atoms with Crippen molar-refractivity contribution in [2.24, 2.45) is 0 Å². The van der Waals surface area contributed by atoms with Crippen LogP contribution in [0, 0.1) is 23.0 Å². The fraction of sp³-hybridized carbons (Fsp3) is 0.0500. The SMILES string of the molecule is CNC(=O)/C(C#N)=c1/s/c(=C\c2ccc(F)cc2)c(=O)n1-c1ccc(F)cc1. The highest BCUT2D eigenvalue weighted by Crippen LogP contribution is 2.07. The number of nitrogens with zero attached hydrogens (tertiary/aromatic N) is 2. The molecule has 1 heterocycles. The van der Waals surface area contributed by atoms with Crippen LogP contribution in [0.2, 0.25) is 0 Å². The van der Waals surface area contributed by atoms with Crippen LogP contribution in [0.4, 0.5) is 8.78 Å². The van der Waals surface area contributed by atoms with Crippen LogP contribution in [-0.2, 0) is 4.79 Å². The molecule has 1 amide bonds. The molecule has 0 fully saturated rings. The first-order chi connectivity index (χ1) is 13.4. The summed E-state index contributed by atoms with van der Waals surface area (Å²) in [5, 5.41) is 11.8. The molecule has 0 spiro atoms. The smallest absolute Gasteiger partial charge is 0.273 e. The molecule has 0 bridgehead atoms. The number of nitrogens with one attached hydrogen (secondary N) is 1. The van der Waals surface area contributed by atoms with E-state index in [2.05, 4.69) is 5.32 Å². The van der Waals surface area contributed by atoms with Gasteiger partial charge in [0, 0.05) is 7.05 Å². The largest absolute Gasteiger partial charge is 0.354 e. The Morgan fingerprint density at radius 2 is 1.68 bits per heavy atom. The molecule has 140 valence electrons. The van der Waals surface area contributed by atoms with Gasteiger partial charge < -0.3 is 5.32 Å². The van der Waals surface area contributed by atoms with Crippen molar-refractivity contribution in [2.45, 2.75) is 0 Å². The first-order valence-corrected chi connectivity index (χ1v) is 8.88. The van der Waals surface area contributed by atoms with E-state index in [1.54, 1.807) is 0 Å². The average molecular weight is 397 g/mol. The highest BCUT2D eigenvalue weighted by Gasteiger charge is 2.16. The number of hydrogen-bond acceptors (Lipinski definition) is 4. The van der Waals surface area contributed by atoms with Gasteiger partial charge in [-0.2, -0.15) is 5.26 Å². The quantitative estimate of drug-likeness (QED) is 0.727. The Kier molecular flexibility index (Phi) is 5.47. The Labute approximate surface area is 162 Å². The van der Waals surface area contributed by atoms with Gasteiger partial charge in [-0.05, 0) is 48.0 Å². The first-order valence-electron chi connectivity index (χ1n) is 8.06. The zero-order chi connectivity index (χ0) is 20.3. The number of rotatable bonds is 3. The lowest BCUT2D eigenvalue weighted by molar-refractivity contribution is -0.115. The second kappa shape index (κ2) is 7.98. The Bertz CT molecular complexity index is 1250. The molecule has 1 N–H and O–H groups in total. The fourth-order valence-corrected chi connectivity index (χ4v) is 3.61. The molecule has 28 heavy (non-hydrogen) atoms. The standard InChI is InChI=1S/C20H13F2N3O2S/c1-24-18(26)16(11-23)20-25(15-8-6-14(22)7-9-15)19(27)17(28-20)10-12-2-4-13(21)5-3-12/h2-10H,1H3,(H,24,26)/b17-10-,20-16+. The number of nitriles is 1. The van der Waals surface area contributed by atoms with E-state index in [0.717, 1.165) is 11.3 Å². The van der Waals surface area contributed by atoms with E-state index >= 15 is 0 Å². The minimum atomic E-state index is -0.645. The molecule has 0 saturated carbocycles. The zero-order valence-electron chi connectivity index (χ0n) is 14.6. The van der Waals surface area contributed by atoms with Crippen LogP contribution in [0.15, 0.2) is 53.3 Å². The number of aromatic nitrogens is 1. The number of halogens is 2. The number of carbonyl (C=O) groups excluding carboxylic acids is 1. The lowest BCUT2D eigenvalue weighted by Gasteiger charge is -2.03. The third-order valence-electron chi connectivity index (χ3n) is 3.86. The summed E-state index contributed by atoms with van der Waals surface area (Å²) in [7, 11) is 1.37. The zero-order valence-corrected chi connectivity index (χ0v) is 15.4. The highest BCUT2D eigenvalue weighted by molar-refractivity contribution is 7.07. The van der Waals surface area contributed by atoms with E-state index in [1.165, 1.54) is 66.2 Å². The molecule has 0 unspecified atom stereocenters. The Hall–Kier alpha value is -3.57. The Morgan fingerprint density at radius 3 is 2.21 bits per heavy atom. The lowest BCUT2D eigenvalue weighted by Crippen LogP contribution is -2.33. The van der Waals surface area contributed by atoms with Gasteiger partial charge in [0.2, 0.25) is 0 Å². The fourth-order valence-electron chi connectivity index (χ4n) is 2.51. The van der Waals surface area contributed by atoms with Gasteiger partial charge in [-0.25, -0.2) is 8.78 Å².